The standard InChI is InChI=1S/C10H8N2O3/c11-7-3-1-2-5-8(7)12-4-6(9(5)13)10(14)15/h1-4,6H,11H2,(H,14,15). The Labute approximate surface area is 85.2 Å². The minimum Gasteiger partial charge on any atom is -0.480 e. The van der Waals surface area contributed by atoms with E-state index in [2.05, 4.69) is 4.99 Å². The molecule has 0 saturated carbocycles. The van der Waals surface area contributed by atoms with E-state index in [9.17, 15) is 9.59 Å². The molecule has 5 nitrogen and oxygen atoms in total. The maximum Gasteiger partial charge on any atom is 0.319 e. The number of benzene rings is 1. The van der Waals surface area contributed by atoms with Crippen molar-refractivity contribution in [1.29, 1.82) is 0 Å². The van der Waals surface area contributed by atoms with Crippen LogP contribution in [0.25, 0.3) is 0 Å². The van der Waals surface area contributed by atoms with Crippen LogP contribution >= 0.6 is 0 Å². The highest BCUT2D eigenvalue weighted by molar-refractivity contribution is 6.22. The molecule has 3 N–H and O–H groups in total. The molecule has 1 heterocycles. The smallest absolute Gasteiger partial charge is 0.319 e. The highest BCUT2D eigenvalue weighted by atomic mass is 16.4. The third kappa shape index (κ3) is 1.38. The number of hydrogen-bond donors (Lipinski definition) is 2. The number of rotatable bonds is 1. The predicted octanol–water partition coefficient (Wildman–Crippen LogP) is 0.868. The van der Waals surface area contributed by atoms with Gasteiger partial charge in [-0.3, -0.25) is 14.6 Å². The normalized spacial score (nSPS) is 18.7. The zero-order chi connectivity index (χ0) is 11.0. The van der Waals surface area contributed by atoms with E-state index in [1.54, 1.807) is 12.1 Å². The van der Waals surface area contributed by atoms with Gasteiger partial charge in [0.15, 0.2) is 11.7 Å². The summed E-state index contributed by atoms with van der Waals surface area (Å²) < 4.78 is 0. The number of fused-ring (bicyclic) bond motifs is 1. The molecular weight excluding hydrogens is 196 g/mol. The lowest BCUT2D eigenvalue weighted by Crippen LogP contribution is -2.27. The molecule has 1 aliphatic rings. The van der Waals surface area contributed by atoms with Gasteiger partial charge in [0.25, 0.3) is 0 Å². The van der Waals surface area contributed by atoms with E-state index >= 15 is 0 Å². The van der Waals surface area contributed by atoms with Gasteiger partial charge in [0.1, 0.15) is 0 Å². The number of carbonyl (C=O) groups excluding carboxylic acids is 1. The molecule has 0 radical (unpaired) electrons. The van der Waals surface area contributed by atoms with Crippen molar-refractivity contribution in [2.75, 3.05) is 5.73 Å². The quantitative estimate of drug-likeness (QED) is 0.524. The topological polar surface area (TPSA) is 92.8 Å². The lowest BCUT2D eigenvalue weighted by molar-refractivity contribution is -0.137. The Morgan fingerprint density at radius 2 is 2.20 bits per heavy atom. The monoisotopic (exact) mass is 204 g/mol. The fourth-order valence-electron chi connectivity index (χ4n) is 1.46. The van der Waals surface area contributed by atoms with Crippen molar-refractivity contribution in [1.82, 2.24) is 0 Å². The van der Waals surface area contributed by atoms with Crippen LogP contribution in [-0.2, 0) is 4.79 Å². The molecule has 1 aromatic carbocycles. The van der Waals surface area contributed by atoms with Crippen molar-refractivity contribution in [3.63, 3.8) is 0 Å². The van der Waals surface area contributed by atoms with Crippen LogP contribution in [0.2, 0.25) is 0 Å². The summed E-state index contributed by atoms with van der Waals surface area (Å²) in [6, 6.07) is 4.75. The van der Waals surface area contributed by atoms with Gasteiger partial charge >= 0.3 is 5.97 Å². The molecule has 1 atom stereocenters. The Bertz CT molecular complexity index is 480. The molecule has 2 rings (SSSR count). The zero-order valence-corrected chi connectivity index (χ0v) is 7.68. The highest BCUT2D eigenvalue weighted by Crippen LogP contribution is 2.31. The molecular formula is C10H8N2O3. The van der Waals surface area contributed by atoms with Gasteiger partial charge in [0.05, 0.1) is 11.4 Å². The Morgan fingerprint density at radius 1 is 1.47 bits per heavy atom. The van der Waals surface area contributed by atoms with Crippen molar-refractivity contribution < 1.29 is 14.7 Å². The number of anilines is 1. The number of aliphatic carboxylic acids is 1. The van der Waals surface area contributed by atoms with Gasteiger partial charge in [0.2, 0.25) is 0 Å². The molecule has 0 spiro atoms. The molecule has 76 valence electrons. The van der Waals surface area contributed by atoms with Crippen LogP contribution in [0.15, 0.2) is 23.2 Å². The number of nitrogen functional groups attached to an aromatic ring is 1. The molecule has 1 aromatic rings. The summed E-state index contributed by atoms with van der Waals surface area (Å²) in [6.45, 7) is 0. The van der Waals surface area contributed by atoms with Crippen molar-refractivity contribution in [3.05, 3.63) is 23.8 Å². The first-order valence-electron chi connectivity index (χ1n) is 4.31. The molecule has 5 heteroatoms. The van der Waals surface area contributed by atoms with Gasteiger partial charge in [-0.1, -0.05) is 6.07 Å². The number of hydrogen-bond acceptors (Lipinski definition) is 4. The summed E-state index contributed by atoms with van der Waals surface area (Å²) >= 11 is 0. The second kappa shape index (κ2) is 3.20. The molecule has 0 amide bonds. The molecule has 15 heavy (non-hydrogen) atoms. The van der Waals surface area contributed by atoms with E-state index in [1.165, 1.54) is 6.07 Å². The Kier molecular flexibility index (Phi) is 2.00. The lowest BCUT2D eigenvalue weighted by atomic mass is 9.94. The number of para-hydroxylation sites is 1. The first kappa shape index (κ1) is 9.39. The van der Waals surface area contributed by atoms with Crippen LogP contribution in [0.5, 0.6) is 0 Å². The molecule has 1 unspecified atom stereocenters. The maximum atomic E-state index is 11.7. The fraction of sp³-hybridized carbons (Fsp3) is 0.100. The van der Waals surface area contributed by atoms with Gasteiger partial charge in [-0.15, -0.1) is 0 Å². The average Bonchev–Trinajstić information content (AvgIpc) is 2.19. The molecule has 0 bridgehead atoms. The van der Waals surface area contributed by atoms with Crippen LogP contribution < -0.4 is 5.73 Å². The lowest BCUT2D eigenvalue weighted by Gasteiger charge is -2.14. The molecule has 0 saturated heterocycles. The summed E-state index contributed by atoms with van der Waals surface area (Å²) in [5.41, 5.74) is 6.62. The predicted molar refractivity (Wildman–Crippen MR) is 54.5 cm³/mol. The number of Topliss-reactive ketones (excluding diaryl/α,β-unsaturated/α-hetero) is 1. The second-order valence-electron chi connectivity index (χ2n) is 3.20. The van der Waals surface area contributed by atoms with E-state index < -0.39 is 17.7 Å². The van der Waals surface area contributed by atoms with E-state index in [0.717, 1.165) is 6.21 Å². The van der Waals surface area contributed by atoms with E-state index in [1.807, 2.05) is 0 Å². The average molecular weight is 204 g/mol. The van der Waals surface area contributed by atoms with Gasteiger partial charge in [-0.25, -0.2) is 0 Å². The summed E-state index contributed by atoms with van der Waals surface area (Å²) in [5.74, 6) is -2.86. The summed E-state index contributed by atoms with van der Waals surface area (Å²) in [7, 11) is 0. The minimum atomic E-state index is -1.20. The SMILES string of the molecule is Nc1cccc2c1N=CC(C(=O)O)C2=O. The summed E-state index contributed by atoms with van der Waals surface area (Å²) in [6.07, 6.45) is 1.11. The minimum absolute atomic E-state index is 0.268. The van der Waals surface area contributed by atoms with Crippen molar-refractivity contribution in [2.45, 2.75) is 0 Å². The van der Waals surface area contributed by atoms with E-state index in [-0.39, 0.29) is 5.56 Å². The van der Waals surface area contributed by atoms with Crippen LogP contribution in [0.4, 0.5) is 11.4 Å². The van der Waals surface area contributed by atoms with E-state index in [0.29, 0.717) is 11.4 Å². The number of aliphatic imine (C=N–C) groups is 1. The second-order valence-corrected chi connectivity index (χ2v) is 3.20. The van der Waals surface area contributed by atoms with Crippen molar-refractivity contribution in [2.24, 2.45) is 10.9 Å². The van der Waals surface area contributed by atoms with Crippen LogP contribution in [0.1, 0.15) is 10.4 Å². The summed E-state index contributed by atoms with van der Waals surface area (Å²) in [5, 5.41) is 8.76. The molecule has 1 aliphatic heterocycles. The number of carbonyl (C=O) groups is 2. The third-order valence-corrected chi connectivity index (χ3v) is 2.23. The number of carboxylic acid groups (broad SMARTS) is 1. The van der Waals surface area contributed by atoms with Gasteiger partial charge in [-0.2, -0.15) is 0 Å². The first-order valence-corrected chi connectivity index (χ1v) is 4.31. The summed E-state index contributed by atoms with van der Waals surface area (Å²) in [4.78, 5) is 26.3. The number of nitrogens with two attached hydrogens (primary N) is 1. The van der Waals surface area contributed by atoms with Gasteiger partial charge < -0.3 is 10.8 Å². The number of nitrogens with zero attached hydrogens (tertiary/aromatic N) is 1. The fourth-order valence-corrected chi connectivity index (χ4v) is 1.46. The Balaban J connectivity index is 2.56. The van der Waals surface area contributed by atoms with Crippen LogP contribution in [-0.4, -0.2) is 23.1 Å². The van der Waals surface area contributed by atoms with E-state index in [4.69, 9.17) is 10.8 Å². The van der Waals surface area contributed by atoms with Crippen LogP contribution in [0.3, 0.4) is 0 Å². The third-order valence-electron chi connectivity index (χ3n) is 2.23. The van der Waals surface area contributed by atoms with Gasteiger partial charge in [-0.05, 0) is 12.1 Å². The Hall–Kier alpha value is -2.17. The largest absolute Gasteiger partial charge is 0.480 e. The van der Waals surface area contributed by atoms with Crippen LogP contribution in [0, 0.1) is 5.92 Å². The Morgan fingerprint density at radius 3 is 2.87 bits per heavy atom. The molecule has 0 aromatic heterocycles. The molecule has 0 aliphatic carbocycles. The highest BCUT2D eigenvalue weighted by Gasteiger charge is 2.30. The maximum absolute atomic E-state index is 11.7. The van der Waals surface area contributed by atoms with Gasteiger partial charge in [0, 0.05) is 11.8 Å². The first-order chi connectivity index (χ1) is 7.11. The molecule has 0 fully saturated rings. The zero-order valence-electron chi connectivity index (χ0n) is 7.68. The number of ketones is 1. The van der Waals surface area contributed by atoms with Crippen molar-refractivity contribution in [3.8, 4) is 0 Å². The number of carboxylic acids is 1. The van der Waals surface area contributed by atoms with Crippen molar-refractivity contribution >= 4 is 29.3 Å².